The summed E-state index contributed by atoms with van der Waals surface area (Å²) in [6.45, 7) is 3.88. The monoisotopic (exact) mass is 204 g/mol. The second kappa shape index (κ2) is 5.29. The van der Waals surface area contributed by atoms with Gasteiger partial charge in [0.2, 0.25) is 0 Å². The average molecular weight is 204 g/mol. The zero-order valence-electron chi connectivity index (χ0n) is 8.99. The molecule has 0 aliphatic carbocycles. The molecule has 2 unspecified atom stereocenters. The van der Waals surface area contributed by atoms with E-state index in [1.54, 1.807) is 13.8 Å². The zero-order chi connectivity index (χ0) is 11.4. The van der Waals surface area contributed by atoms with Gasteiger partial charge in [-0.1, -0.05) is 13.8 Å². The van der Waals surface area contributed by atoms with E-state index in [2.05, 4.69) is 0 Å². The van der Waals surface area contributed by atoms with Crippen LogP contribution in [0.4, 0.5) is 0 Å². The van der Waals surface area contributed by atoms with Crippen LogP contribution in [-0.2, 0) is 9.53 Å². The maximum Gasteiger partial charge on any atom is 0.307 e. The first kappa shape index (κ1) is 13.4. The van der Waals surface area contributed by atoms with Gasteiger partial charge in [0.1, 0.15) is 6.23 Å². The molecule has 0 aliphatic rings. The predicted molar refractivity (Wildman–Crippen MR) is 53.6 cm³/mol. The molecule has 0 aliphatic heterocycles. The fourth-order valence-corrected chi connectivity index (χ4v) is 1.48. The molecular weight excluding hydrogens is 184 g/mol. The molecule has 0 bridgehead atoms. The Bertz CT molecular complexity index is 194. The second-order valence-corrected chi connectivity index (χ2v) is 3.95. The molecule has 84 valence electrons. The fourth-order valence-electron chi connectivity index (χ4n) is 1.48. The highest BCUT2D eigenvalue weighted by molar-refractivity contribution is 5.71. The van der Waals surface area contributed by atoms with Gasteiger partial charge in [0.15, 0.2) is 0 Å². The SMILES string of the molecule is COC(N)C(C)(C)C(CCN)C(=O)O. The van der Waals surface area contributed by atoms with E-state index in [0.717, 1.165) is 0 Å². The van der Waals surface area contributed by atoms with Gasteiger partial charge in [-0.05, 0) is 13.0 Å². The van der Waals surface area contributed by atoms with Crippen LogP contribution in [0.1, 0.15) is 20.3 Å². The van der Waals surface area contributed by atoms with Gasteiger partial charge in [-0.3, -0.25) is 4.79 Å². The van der Waals surface area contributed by atoms with Crippen molar-refractivity contribution in [3.05, 3.63) is 0 Å². The number of aliphatic carboxylic acids is 1. The summed E-state index contributed by atoms with van der Waals surface area (Å²) in [6.07, 6.45) is -0.200. The third-order valence-electron chi connectivity index (χ3n) is 2.64. The Balaban J connectivity index is 4.69. The van der Waals surface area contributed by atoms with Gasteiger partial charge in [0.25, 0.3) is 0 Å². The van der Waals surface area contributed by atoms with E-state index in [1.165, 1.54) is 7.11 Å². The third kappa shape index (κ3) is 2.94. The standard InChI is InChI=1S/C9H20N2O3/c1-9(2,8(11)14-3)6(4-5-10)7(12)13/h6,8H,4-5,10-11H2,1-3H3,(H,12,13). The van der Waals surface area contributed by atoms with Crippen molar-refractivity contribution in [3.63, 3.8) is 0 Å². The van der Waals surface area contributed by atoms with Crippen LogP contribution in [0.25, 0.3) is 0 Å². The van der Waals surface area contributed by atoms with Gasteiger partial charge < -0.3 is 21.3 Å². The summed E-state index contributed by atoms with van der Waals surface area (Å²) in [6, 6.07) is 0. The Hall–Kier alpha value is -0.650. The zero-order valence-corrected chi connectivity index (χ0v) is 8.99. The highest BCUT2D eigenvalue weighted by Crippen LogP contribution is 2.32. The molecule has 5 heteroatoms. The first-order valence-corrected chi connectivity index (χ1v) is 4.59. The number of methoxy groups -OCH3 is 1. The Morgan fingerprint density at radius 1 is 1.57 bits per heavy atom. The summed E-state index contributed by atoms with van der Waals surface area (Å²) >= 11 is 0. The summed E-state index contributed by atoms with van der Waals surface area (Å²) < 4.78 is 4.97. The Labute approximate surface area is 84.4 Å². The first-order valence-electron chi connectivity index (χ1n) is 4.59. The van der Waals surface area contributed by atoms with Gasteiger partial charge in [-0.15, -0.1) is 0 Å². The van der Waals surface area contributed by atoms with Crippen LogP contribution in [0.5, 0.6) is 0 Å². The number of nitrogens with two attached hydrogens (primary N) is 2. The number of carboxylic acid groups (broad SMARTS) is 1. The van der Waals surface area contributed by atoms with Crippen molar-refractivity contribution in [2.24, 2.45) is 22.8 Å². The van der Waals surface area contributed by atoms with Gasteiger partial charge in [0, 0.05) is 12.5 Å². The number of ether oxygens (including phenoxy) is 1. The minimum Gasteiger partial charge on any atom is -0.481 e. The maximum absolute atomic E-state index is 11.0. The van der Waals surface area contributed by atoms with Crippen molar-refractivity contribution in [2.75, 3.05) is 13.7 Å². The van der Waals surface area contributed by atoms with E-state index in [-0.39, 0.29) is 0 Å². The summed E-state index contributed by atoms with van der Waals surface area (Å²) in [5, 5.41) is 9.02. The molecule has 0 saturated heterocycles. The van der Waals surface area contributed by atoms with Crippen molar-refractivity contribution in [1.29, 1.82) is 0 Å². The molecule has 5 N–H and O–H groups in total. The lowest BCUT2D eigenvalue weighted by Gasteiger charge is -2.35. The highest BCUT2D eigenvalue weighted by Gasteiger charge is 2.39. The number of rotatable bonds is 6. The second-order valence-electron chi connectivity index (χ2n) is 3.95. The van der Waals surface area contributed by atoms with Crippen molar-refractivity contribution >= 4 is 5.97 Å². The molecular formula is C9H20N2O3. The minimum atomic E-state index is -0.882. The molecule has 5 nitrogen and oxygen atoms in total. The van der Waals surface area contributed by atoms with Crippen molar-refractivity contribution < 1.29 is 14.6 Å². The molecule has 0 aromatic heterocycles. The van der Waals surface area contributed by atoms with E-state index in [1.807, 2.05) is 0 Å². The minimum absolute atomic E-state index is 0.330. The molecule has 0 aromatic carbocycles. The molecule has 0 heterocycles. The first-order chi connectivity index (χ1) is 6.37. The van der Waals surface area contributed by atoms with Crippen molar-refractivity contribution in [3.8, 4) is 0 Å². The van der Waals surface area contributed by atoms with Crippen molar-refractivity contribution in [1.82, 2.24) is 0 Å². The van der Waals surface area contributed by atoms with Crippen molar-refractivity contribution in [2.45, 2.75) is 26.5 Å². The van der Waals surface area contributed by atoms with Crippen LogP contribution >= 0.6 is 0 Å². The average Bonchev–Trinajstić information content (AvgIpc) is 2.11. The molecule has 0 aromatic rings. The summed E-state index contributed by atoms with van der Waals surface area (Å²) in [4.78, 5) is 11.0. The lowest BCUT2D eigenvalue weighted by Crippen LogP contribution is -2.47. The molecule has 0 rings (SSSR count). The van der Waals surface area contributed by atoms with Crippen LogP contribution in [0.2, 0.25) is 0 Å². The van der Waals surface area contributed by atoms with Gasteiger partial charge in [0.05, 0.1) is 5.92 Å². The van der Waals surface area contributed by atoms with Gasteiger partial charge in [-0.2, -0.15) is 0 Å². The van der Waals surface area contributed by atoms with Crippen LogP contribution in [-0.4, -0.2) is 31.0 Å². The molecule has 0 saturated carbocycles. The Morgan fingerprint density at radius 3 is 2.36 bits per heavy atom. The quantitative estimate of drug-likeness (QED) is 0.529. The number of hydrogen-bond donors (Lipinski definition) is 3. The number of hydrogen-bond acceptors (Lipinski definition) is 4. The number of carboxylic acids is 1. The lowest BCUT2D eigenvalue weighted by molar-refractivity contribution is -0.150. The van der Waals surface area contributed by atoms with Crippen LogP contribution in [0.3, 0.4) is 0 Å². The van der Waals surface area contributed by atoms with E-state index < -0.39 is 23.5 Å². The normalized spacial score (nSPS) is 16.4. The summed E-state index contributed by atoms with van der Waals surface area (Å²) in [5.74, 6) is -1.46. The molecule has 0 fully saturated rings. The lowest BCUT2D eigenvalue weighted by atomic mass is 9.75. The fraction of sp³-hybridized carbons (Fsp3) is 0.889. The summed E-state index contributed by atoms with van der Waals surface area (Å²) in [7, 11) is 1.47. The van der Waals surface area contributed by atoms with E-state index in [0.29, 0.717) is 13.0 Å². The smallest absolute Gasteiger partial charge is 0.307 e. The van der Waals surface area contributed by atoms with E-state index >= 15 is 0 Å². The summed E-state index contributed by atoms with van der Waals surface area (Å²) in [5.41, 5.74) is 10.4. The molecule has 0 spiro atoms. The molecule has 0 radical (unpaired) electrons. The van der Waals surface area contributed by atoms with Crippen LogP contribution in [0.15, 0.2) is 0 Å². The van der Waals surface area contributed by atoms with E-state index in [9.17, 15) is 4.79 Å². The van der Waals surface area contributed by atoms with Gasteiger partial charge in [-0.25, -0.2) is 0 Å². The van der Waals surface area contributed by atoms with Crippen LogP contribution < -0.4 is 11.5 Å². The Morgan fingerprint density at radius 2 is 2.07 bits per heavy atom. The third-order valence-corrected chi connectivity index (χ3v) is 2.64. The predicted octanol–water partition coefficient (Wildman–Crippen LogP) is -0.00660. The molecule has 0 amide bonds. The highest BCUT2D eigenvalue weighted by atomic mass is 16.5. The van der Waals surface area contributed by atoms with E-state index in [4.69, 9.17) is 21.3 Å². The molecule has 14 heavy (non-hydrogen) atoms. The Kier molecular flexibility index (Phi) is 5.04. The largest absolute Gasteiger partial charge is 0.481 e. The maximum atomic E-state index is 11.0. The number of carbonyl (C=O) groups is 1. The molecule has 2 atom stereocenters. The van der Waals surface area contributed by atoms with Crippen LogP contribution in [0, 0.1) is 11.3 Å². The van der Waals surface area contributed by atoms with Gasteiger partial charge >= 0.3 is 5.97 Å². The topological polar surface area (TPSA) is 98.6 Å².